The van der Waals surface area contributed by atoms with E-state index in [9.17, 15) is 23.1 Å². The standard InChI is InChI=1S/C24H19F3N4O2S/c1-13-6-11-18(32)14(2)21(13)31-22(33)19-12-28-23(34-19)30-20-5-3-4-17(29-20)15-7-9-16(10-8-15)24(25,26)27/h3-12,32H,1-2H3,(H,31,33)(H,28,29,30). The van der Waals surface area contributed by atoms with Crippen LogP contribution in [0.2, 0.25) is 0 Å². The molecular formula is C24H19F3N4O2S. The summed E-state index contributed by atoms with van der Waals surface area (Å²) in [6.45, 7) is 3.55. The van der Waals surface area contributed by atoms with Crippen molar-refractivity contribution in [3.05, 3.63) is 82.4 Å². The van der Waals surface area contributed by atoms with E-state index < -0.39 is 11.7 Å². The summed E-state index contributed by atoms with van der Waals surface area (Å²) in [6, 6.07) is 13.1. The van der Waals surface area contributed by atoms with Crippen molar-refractivity contribution in [3.8, 4) is 17.0 Å². The van der Waals surface area contributed by atoms with Crippen molar-refractivity contribution in [2.75, 3.05) is 10.6 Å². The number of benzene rings is 2. The van der Waals surface area contributed by atoms with Crippen LogP contribution in [-0.4, -0.2) is 21.0 Å². The van der Waals surface area contributed by atoms with Gasteiger partial charge in [-0.3, -0.25) is 4.79 Å². The van der Waals surface area contributed by atoms with E-state index in [4.69, 9.17) is 0 Å². The van der Waals surface area contributed by atoms with Crippen LogP contribution in [-0.2, 0) is 6.18 Å². The van der Waals surface area contributed by atoms with Crippen LogP contribution in [0.4, 0.5) is 29.8 Å². The number of hydrogen-bond donors (Lipinski definition) is 3. The topological polar surface area (TPSA) is 87.1 Å². The number of alkyl halides is 3. The van der Waals surface area contributed by atoms with Crippen molar-refractivity contribution in [2.45, 2.75) is 20.0 Å². The second-order valence-corrected chi connectivity index (χ2v) is 8.52. The van der Waals surface area contributed by atoms with Crippen molar-refractivity contribution >= 4 is 33.9 Å². The normalized spacial score (nSPS) is 11.3. The number of phenols is 1. The Hall–Kier alpha value is -3.92. The molecule has 0 fully saturated rings. The molecule has 0 aliphatic heterocycles. The Labute approximate surface area is 197 Å². The summed E-state index contributed by atoms with van der Waals surface area (Å²) in [5, 5.41) is 16.1. The first-order valence-electron chi connectivity index (χ1n) is 10.1. The molecule has 3 N–H and O–H groups in total. The van der Waals surface area contributed by atoms with Crippen LogP contribution < -0.4 is 10.6 Å². The first-order chi connectivity index (χ1) is 16.1. The number of nitrogens with one attached hydrogen (secondary N) is 2. The molecule has 0 saturated heterocycles. The highest BCUT2D eigenvalue weighted by Crippen LogP contribution is 2.32. The Morgan fingerprint density at radius 3 is 2.47 bits per heavy atom. The third-order valence-corrected chi connectivity index (χ3v) is 6.02. The van der Waals surface area contributed by atoms with Gasteiger partial charge in [0, 0.05) is 11.1 Å². The predicted octanol–water partition coefficient (Wildman–Crippen LogP) is 6.54. The number of amides is 1. The smallest absolute Gasteiger partial charge is 0.416 e. The molecule has 0 spiro atoms. The van der Waals surface area contributed by atoms with Crippen molar-refractivity contribution in [1.82, 2.24) is 9.97 Å². The number of aromatic hydroxyl groups is 1. The summed E-state index contributed by atoms with van der Waals surface area (Å²) in [5.74, 6) is 0.152. The SMILES string of the molecule is Cc1ccc(O)c(C)c1NC(=O)c1cnc(Nc2cccc(-c3ccc(C(F)(F)F)cc3)n2)s1. The second-order valence-electron chi connectivity index (χ2n) is 7.49. The average Bonchev–Trinajstić information content (AvgIpc) is 3.27. The maximum Gasteiger partial charge on any atom is 0.416 e. The van der Waals surface area contributed by atoms with E-state index in [0.717, 1.165) is 29.0 Å². The monoisotopic (exact) mass is 484 g/mol. The highest BCUT2D eigenvalue weighted by atomic mass is 32.1. The molecule has 0 radical (unpaired) electrons. The first-order valence-corrected chi connectivity index (χ1v) is 10.9. The number of thiazole rings is 1. The molecular weight excluding hydrogens is 465 g/mol. The molecule has 0 bridgehead atoms. The van der Waals surface area contributed by atoms with Crippen LogP contribution in [0.1, 0.15) is 26.4 Å². The number of halogens is 3. The maximum atomic E-state index is 12.8. The van der Waals surface area contributed by atoms with E-state index in [0.29, 0.717) is 38.3 Å². The molecule has 2 aromatic carbocycles. The molecule has 174 valence electrons. The van der Waals surface area contributed by atoms with Gasteiger partial charge in [-0.15, -0.1) is 0 Å². The zero-order valence-corrected chi connectivity index (χ0v) is 18.9. The van der Waals surface area contributed by atoms with Crippen molar-refractivity contribution in [3.63, 3.8) is 0 Å². The van der Waals surface area contributed by atoms with Crippen molar-refractivity contribution < 1.29 is 23.1 Å². The minimum absolute atomic E-state index is 0.0894. The largest absolute Gasteiger partial charge is 0.508 e. The summed E-state index contributed by atoms with van der Waals surface area (Å²) in [7, 11) is 0. The van der Waals surface area contributed by atoms with Gasteiger partial charge in [0.15, 0.2) is 5.13 Å². The summed E-state index contributed by atoms with van der Waals surface area (Å²) in [5.41, 5.74) is 2.22. The Kier molecular flexibility index (Phi) is 6.25. The lowest BCUT2D eigenvalue weighted by Crippen LogP contribution is -2.12. The van der Waals surface area contributed by atoms with Crippen LogP contribution in [0.25, 0.3) is 11.3 Å². The number of anilines is 3. The lowest BCUT2D eigenvalue weighted by atomic mass is 10.1. The summed E-state index contributed by atoms with van der Waals surface area (Å²) in [6.07, 6.45) is -2.97. The zero-order chi connectivity index (χ0) is 24.5. The number of carbonyl (C=O) groups excluding carboxylic acids is 1. The van der Waals surface area contributed by atoms with Crippen molar-refractivity contribution in [2.24, 2.45) is 0 Å². The second kappa shape index (κ2) is 9.14. The highest BCUT2D eigenvalue weighted by molar-refractivity contribution is 7.17. The number of pyridine rings is 1. The van der Waals surface area contributed by atoms with Gasteiger partial charge in [0.05, 0.1) is 23.1 Å². The van der Waals surface area contributed by atoms with Crippen LogP contribution in [0, 0.1) is 13.8 Å². The summed E-state index contributed by atoms with van der Waals surface area (Å²) < 4.78 is 38.4. The quantitative estimate of drug-likeness (QED) is 0.299. The van der Waals surface area contributed by atoms with Crippen LogP contribution in [0.3, 0.4) is 0 Å². The van der Waals surface area contributed by atoms with Gasteiger partial charge in [-0.1, -0.05) is 35.6 Å². The minimum Gasteiger partial charge on any atom is -0.508 e. The van der Waals surface area contributed by atoms with Gasteiger partial charge in [-0.05, 0) is 49.7 Å². The fourth-order valence-electron chi connectivity index (χ4n) is 3.25. The van der Waals surface area contributed by atoms with E-state index >= 15 is 0 Å². The lowest BCUT2D eigenvalue weighted by molar-refractivity contribution is -0.137. The van der Waals surface area contributed by atoms with E-state index in [1.165, 1.54) is 18.3 Å². The third-order valence-electron chi connectivity index (χ3n) is 5.10. The van der Waals surface area contributed by atoms with Gasteiger partial charge >= 0.3 is 6.18 Å². The van der Waals surface area contributed by atoms with E-state index in [1.54, 1.807) is 37.3 Å². The number of aryl methyl sites for hydroxylation is 1. The molecule has 0 saturated carbocycles. The van der Waals surface area contributed by atoms with Gasteiger partial charge in [0.1, 0.15) is 16.4 Å². The summed E-state index contributed by atoms with van der Waals surface area (Å²) in [4.78, 5) is 21.7. The average molecular weight is 485 g/mol. The van der Waals surface area contributed by atoms with Gasteiger partial charge in [-0.2, -0.15) is 13.2 Å². The lowest BCUT2D eigenvalue weighted by Gasteiger charge is -2.12. The predicted molar refractivity (Wildman–Crippen MR) is 126 cm³/mol. The van der Waals surface area contributed by atoms with Gasteiger partial charge in [0.2, 0.25) is 0 Å². The third kappa shape index (κ3) is 5.01. The van der Waals surface area contributed by atoms with Gasteiger partial charge in [-0.25, -0.2) is 9.97 Å². The molecule has 10 heteroatoms. The number of aromatic nitrogens is 2. The number of phenolic OH excluding ortho intramolecular Hbond substituents is 1. The van der Waals surface area contributed by atoms with Gasteiger partial charge in [0.25, 0.3) is 5.91 Å². The molecule has 4 aromatic rings. The molecule has 34 heavy (non-hydrogen) atoms. The maximum absolute atomic E-state index is 12.8. The van der Waals surface area contributed by atoms with Crippen molar-refractivity contribution in [1.29, 1.82) is 0 Å². The van der Waals surface area contributed by atoms with E-state index in [1.807, 2.05) is 6.92 Å². The van der Waals surface area contributed by atoms with Crippen LogP contribution in [0.5, 0.6) is 5.75 Å². The Morgan fingerprint density at radius 2 is 1.76 bits per heavy atom. The zero-order valence-electron chi connectivity index (χ0n) is 18.1. The molecule has 0 atom stereocenters. The minimum atomic E-state index is -4.40. The van der Waals surface area contributed by atoms with E-state index in [2.05, 4.69) is 20.6 Å². The van der Waals surface area contributed by atoms with E-state index in [-0.39, 0.29) is 11.7 Å². The molecule has 2 heterocycles. The Balaban J connectivity index is 1.48. The van der Waals surface area contributed by atoms with Gasteiger partial charge < -0.3 is 15.7 Å². The molecule has 6 nitrogen and oxygen atoms in total. The number of nitrogens with zero attached hydrogens (tertiary/aromatic N) is 2. The fraction of sp³-hybridized carbons (Fsp3) is 0.125. The van der Waals surface area contributed by atoms with Crippen LogP contribution >= 0.6 is 11.3 Å². The Bertz CT molecular complexity index is 1350. The molecule has 2 aromatic heterocycles. The summed E-state index contributed by atoms with van der Waals surface area (Å²) >= 11 is 1.12. The number of carbonyl (C=O) groups is 1. The molecule has 0 unspecified atom stereocenters. The first kappa shape index (κ1) is 23.2. The van der Waals surface area contributed by atoms with Crippen LogP contribution in [0.15, 0.2) is 60.8 Å². The molecule has 0 aliphatic rings. The highest BCUT2D eigenvalue weighted by Gasteiger charge is 2.30. The number of hydrogen-bond acceptors (Lipinski definition) is 6. The fourth-order valence-corrected chi connectivity index (χ4v) is 3.96. The Morgan fingerprint density at radius 1 is 1.03 bits per heavy atom. The molecule has 1 amide bonds. The molecule has 0 aliphatic carbocycles. The number of rotatable bonds is 5. The molecule has 4 rings (SSSR count).